The Kier molecular flexibility index (Phi) is 4.03. The summed E-state index contributed by atoms with van der Waals surface area (Å²) in [5, 5.41) is 14.5. The summed E-state index contributed by atoms with van der Waals surface area (Å²) in [6, 6.07) is 0.245. The Morgan fingerprint density at radius 2 is 2.14 bits per heavy atom. The highest BCUT2D eigenvalue weighted by atomic mass is 16.5. The molecule has 2 unspecified atom stereocenters. The first-order valence-corrected chi connectivity index (χ1v) is 7.70. The Labute approximate surface area is 124 Å². The molecule has 3 fully saturated rings. The Morgan fingerprint density at radius 1 is 1.33 bits per heavy atom. The van der Waals surface area contributed by atoms with Gasteiger partial charge in [-0.05, 0) is 32.2 Å². The van der Waals surface area contributed by atoms with Crippen molar-refractivity contribution in [3.05, 3.63) is 0 Å². The smallest absolute Gasteiger partial charge is 0.314 e. The van der Waals surface area contributed by atoms with Crippen LogP contribution in [0.3, 0.4) is 0 Å². The van der Waals surface area contributed by atoms with E-state index in [0.717, 1.165) is 19.7 Å². The lowest BCUT2D eigenvalue weighted by molar-refractivity contribution is -0.143. The van der Waals surface area contributed by atoms with Crippen molar-refractivity contribution < 1.29 is 19.4 Å². The fourth-order valence-corrected chi connectivity index (χ4v) is 3.14. The van der Waals surface area contributed by atoms with Crippen LogP contribution in [-0.4, -0.2) is 66.9 Å². The average molecular weight is 297 g/mol. The summed E-state index contributed by atoms with van der Waals surface area (Å²) in [7, 11) is 0. The highest BCUT2D eigenvalue weighted by Crippen LogP contribution is 2.45. The molecule has 3 rings (SSSR count). The molecule has 7 heteroatoms. The van der Waals surface area contributed by atoms with Gasteiger partial charge in [-0.1, -0.05) is 0 Å². The number of nitrogens with one attached hydrogen (secondary N) is 2. The minimum atomic E-state index is -0.821. The molecule has 0 spiro atoms. The molecular formula is C14H23N3O4. The van der Waals surface area contributed by atoms with E-state index in [1.165, 1.54) is 12.8 Å². The monoisotopic (exact) mass is 297 g/mol. The maximum absolute atomic E-state index is 11.7. The van der Waals surface area contributed by atoms with Crippen LogP contribution in [0.2, 0.25) is 0 Å². The lowest BCUT2D eigenvalue weighted by atomic mass is 10.1. The molecule has 0 aromatic heterocycles. The highest BCUT2D eigenvalue weighted by molar-refractivity contribution is 5.80. The molecule has 2 aliphatic heterocycles. The maximum Gasteiger partial charge on any atom is 0.314 e. The standard InChI is InChI=1S/C14H23N3O4/c18-12(19)14(3-4-14)9-16-13(20)15-6-11-7-17-5-1-2-10(17)8-21-11/h10-11H,1-9H2,(H,18,19)(H2,15,16,20). The Hall–Kier alpha value is -1.34. The van der Waals surface area contributed by atoms with Gasteiger partial charge < -0.3 is 20.5 Å². The number of carbonyl (C=O) groups excluding carboxylic acids is 1. The highest BCUT2D eigenvalue weighted by Gasteiger charge is 2.50. The van der Waals surface area contributed by atoms with Gasteiger partial charge in [0.05, 0.1) is 18.1 Å². The number of hydrogen-bond donors (Lipinski definition) is 3. The SMILES string of the molecule is O=C(NCC1CN2CCCC2CO1)NCC1(C(=O)O)CC1. The van der Waals surface area contributed by atoms with Crippen molar-refractivity contribution in [3.63, 3.8) is 0 Å². The van der Waals surface area contributed by atoms with Gasteiger partial charge in [-0.3, -0.25) is 9.69 Å². The Bertz CT molecular complexity index is 424. The van der Waals surface area contributed by atoms with E-state index in [0.29, 0.717) is 25.4 Å². The van der Waals surface area contributed by atoms with E-state index in [1.807, 2.05) is 0 Å². The zero-order valence-corrected chi connectivity index (χ0v) is 12.1. The van der Waals surface area contributed by atoms with Gasteiger partial charge in [-0.15, -0.1) is 0 Å². The average Bonchev–Trinajstić information content (AvgIpc) is 3.13. The normalized spacial score (nSPS) is 30.5. The third-order valence-electron chi connectivity index (χ3n) is 4.85. The number of carboxylic acid groups (broad SMARTS) is 1. The van der Waals surface area contributed by atoms with E-state index in [2.05, 4.69) is 15.5 Å². The molecule has 0 bridgehead atoms. The first kappa shape index (κ1) is 14.6. The number of aliphatic carboxylic acids is 1. The number of fused-ring (bicyclic) bond motifs is 1. The molecule has 118 valence electrons. The Morgan fingerprint density at radius 3 is 2.86 bits per heavy atom. The lowest BCUT2D eigenvalue weighted by Gasteiger charge is -2.35. The molecule has 2 saturated heterocycles. The summed E-state index contributed by atoms with van der Waals surface area (Å²) in [5.41, 5.74) is -0.721. The van der Waals surface area contributed by atoms with E-state index in [1.54, 1.807) is 0 Å². The van der Waals surface area contributed by atoms with E-state index >= 15 is 0 Å². The molecule has 2 amide bonds. The van der Waals surface area contributed by atoms with Crippen molar-refractivity contribution in [2.24, 2.45) is 5.41 Å². The van der Waals surface area contributed by atoms with Gasteiger partial charge in [0.15, 0.2) is 0 Å². The van der Waals surface area contributed by atoms with Crippen molar-refractivity contribution in [1.29, 1.82) is 0 Å². The fraction of sp³-hybridized carbons (Fsp3) is 0.857. The number of carboxylic acids is 1. The second-order valence-corrected chi connectivity index (χ2v) is 6.40. The van der Waals surface area contributed by atoms with Gasteiger partial charge in [0.1, 0.15) is 0 Å². The van der Waals surface area contributed by atoms with Crippen molar-refractivity contribution in [3.8, 4) is 0 Å². The van der Waals surface area contributed by atoms with Crippen LogP contribution < -0.4 is 10.6 Å². The number of urea groups is 1. The molecule has 3 aliphatic rings. The van der Waals surface area contributed by atoms with Crippen molar-refractivity contribution in [2.75, 3.05) is 32.8 Å². The number of ether oxygens (including phenoxy) is 1. The molecule has 1 saturated carbocycles. The third kappa shape index (κ3) is 3.29. The third-order valence-corrected chi connectivity index (χ3v) is 4.85. The summed E-state index contributed by atoms with van der Waals surface area (Å²) >= 11 is 0. The summed E-state index contributed by atoms with van der Waals surface area (Å²) in [6.45, 7) is 3.40. The van der Waals surface area contributed by atoms with E-state index in [9.17, 15) is 9.59 Å². The molecule has 7 nitrogen and oxygen atoms in total. The lowest BCUT2D eigenvalue weighted by Crippen LogP contribution is -2.51. The van der Waals surface area contributed by atoms with Gasteiger partial charge in [-0.25, -0.2) is 4.79 Å². The van der Waals surface area contributed by atoms with Crippen LogP contribution in [0, 0.1) is 5.41 Å². The second-order valence-electron chi connectivity index (χ2n) is 6.40. The summed E-state index contributed by atoms with van der Waals surface area (Å²) in [4.78, 5) is 25.2. The van der Waals surface area contributed by atoms with Crippen molar-refractivity contribution in [1.82, 2.24) is 15.5 Å². The molecule has 0 radical (unpaired) electrons. The molecule has 0 aromatic carbocycles. The van der Waals surface area contributed by atoms with Crippen LogP contribution >= 0.6 is 0 Å². The van der Waals surface area contributed by atoms with Gasteiger partial charge in [0, 0.05) is 25.7 Å². The van der Waals surface area contributed by atoms with Crippen molar-refractivity contribution in [2.45, 2.75) is 37.8 Å². The van der Waals surface area contributed by atoms with Crippen LogP contribution in [0.15, 0.2) is 0 Å². The maximum atomic E-state index is 11.7. The first-order chi connectivity index (χ1) is 10.1. The predicted molar refractivity (Wildman–Crippen MR) is 75.0 cm³/mol. The molecule has 0 aromatic rings. The van der Waals surface area contributed by atoms with Gasteiger partial charge in [0.2, 0.25) is 0 Å². The molecular weight excluding hydrogens is 274 g/mol. The molecule has 21 heavy (non-hydrogen) atoms. The second kappa shape index (κ2) is 5.81. The van der Waals surface area contributed by atoms with E-state index in [-0.39, 0.29) is 18.7 Å². The summed E-state index contributed by atoms with van der Waals surface area (Å²) in [6.07, 6.45) is 3.75. The topological polar surface area (TPSA) is 90.9 Å². The first-order valence-electron chi connectivity index (χ1n) is 7.70. The predicted octanol–water partition coefficient (Wildman–Crippen LogP) is 0.0136. The molecule has 2 heterocycles. The van der Waals surface area contributed by atoms with Crippen LogP contribution in [0.1, 0.15) is 25.7 Å². The van der Waals surface area contributed by atoms with E-state index < -0.39 is 11.4 Å². The molecule has 1 aliphatic carbocycles. The van der Waals surface area contributed by atoms with Gasteiger partial charge in [-0.2, -0.15) is 0 Å². The molecule has 2 atom stereocenters. The zero-order chi connectivity index (χ0) is 14.9. The van der Waals surface area contributed by atoms with Crippen LogP contribution in [0.5, 0.6) is 0 Å². The van der Waals surface area contributed by atoms with Gasteiger partial charge in [0.25, 0.3) is 0 Å². The number of nitrogens with zero attached hydrogens (tertiary/aromatic N) is 1. The number of carbonyl (C=O) groups is 2. The van der Waals surface area contributed by atoms with Crippen LogP contribution in [-0.2, 0) is 9.53 Å². The molecule has 3 N–H and O–H groups in total. The zero-order valence-electron chi connectivity index (χ0n) is 12.1. The number of hydrogen-bond acceptors (Lipinski definition) is 4. The van der Waals surface area contributed by atoms with Crippen LogP contribution in [0.25, 0.3) is 0 Å². The van der Waals surface area contributed by atoms with Crippen molar-refractivity contribution >= 4 is 12.0 Å². The number of morpholine rings is 1. The van der Waals surface area contributed by atoms with Crippen LogP contribution in [0.4, 0.5) is 4.79 Å². The number of rotatable bonds is 5. The quantitative estimate of drug-likeness (QED) is 0.665. The minimum Gasteiger partial charge on any atom is -0.481 e. The summed E-state index contributed by atoms with van der Waals surface area (Å²) in [5.74, 6) is -0.821. The fourth-order valence-electron chi connectivity index (χ4n) is 3.14. The largest absolute Gasteiger partial charge is 0.481 e. The van der Waals surface area contributed by atoms with Gasteiger partial charge >= 0.3 is 12.0 Å². The van der Waals surface area contributed by atoms with E-state index in [4.69, 9.17) is 9.84 Å². The minimum absolute atomic E-state index is 0.0273. The Balaban J connectivity index is 1.35. The summed E-state index contributed by atoms with van der Waals surface area (Å²) < 4.78 is 5.76. The number of amides is 2.